The lowest BCUT2D eigenvalue weighted by Crippen LogP contribution is -2.47. The second kappa shape index (κ2) is 10.3. The van der Waals surface area contributed by atoms with E-state index in [1.807, 2.05) is 32.9 Å². The summed E-state index contributed by atoms with van der Waals surface area (Å²) >= 11 is 0. The molecule has 0 saturated carbocycles. The quantitative estimate of drug-likeness (QED) is 0.564. The molecular formula is C18H34N2O3Si. The third-order valence-electron chi connectivity index (χ3n) is 4.34. The van der Waals surface area contributed by atoms with E-state index in [1.165, 1.54) is 5.56 Å². The van der Waals surface area contributed by atoms with Crippen molar-refractivity contribution in [2.75, 3.05) is 26.4 Å². The van der Waals surface area contributed by atoms with Crippen LogP contribution in [0.5, 0.6) is 0 Å². The van der Waals surface area contributed by atoms with Crippen LogP contribution in [0.1, 0.15) is 45.2 Å². The van der Waals surface area contributed by atoms with E-state index in [9.17, 15) is 0 Å². The summed E-state index contributed by atoms with van der Waals surface area (Å²) in [7, 11) is -2.65. The summed E-state index contributed by atoms with van der Waals surface area (Å²) in [5.41, 5.74) is 14.3. The number of rotatable bonds is 12. The van der Waals surface area contributed by atoms with Crippen LogP contribution in [0.2, 0.25) is 6.04 Å². The lowest BCUT2D eigenvalue weighted by molar-refractivity contribution is 0.0714. The average molecular weight is 355 g/mol. The lowest BCUT2D eigenvalue weighted by atomic mass is 9.84. The van der Waals surface area contributed by atoms with Gasteiger partial charge in [-0.2, -0.15) is 0 Å². The topological polar surface area (TPSA) is 79.7 Å². The molecule has 0 saturated heterocycles. The van der Waals surface area contributed by atoms with Crippen LogP contribution in [0.3, 0.4) is 0 Å². The predicted molar refractivity (Wildman–Crippen MR) is 101 cm³/mol. The number of benzene rings is 1. The first kappa shape index (κ1) is 21.3. The zero-order valence-electron chi connectivity index (χ0n) is 15.6. The van der Waals surface area contributed by atoms with Crippen molar-refractivity contribution in [1.82, 2.24) is 0 Å². The molecule has 0 aliphatic carbocycles. The van der Waals surface area contributed by atoms with Gasteiger partial charge in [-0.05, 0) is 44.7 Å². The van der Waals surface area contributed by atoms with Crippen LogP contribution in [-0.2, 0) is 25.2 Å². The van der Waals surface area contributed by atoms with Crippen molar-refractivity contribution in [3.63, 3.8) is 0 Å². The highest BCUT2D eigenvalue weighted by Crippen LogP contribution is 2.28. The second-order valence-corrected chi connectivity index (χ2v) is 8.59. The van der Waals surface area contributed by atoms with Gasteiger partial charge in [0.2, 0.25) is 0 Å². The van der Waals surface area contributed by atoms with Crippen LogP contribution in [0, 0.1) is 0 Å². The Morgan fingerprint density at radius 3 is 1.96 bits per heavy atom. The van der Waals surface area contributed by atoms with E-state index in [4.69, 9.17) is 24.7 Å². The number of aryl methyl sites for hydroxylation is 1. The van der Waals surface area contributed by atoms with Gasteiger partial charge in [0.25, 0.3) is 0 Å². The van der Waals surface area contributed by atoms with Gasteiger partial charge in [0.1, 0.15) is 0 Å². The molecule has 4 N–H and O–H groups in total. The minimum Gasteiger partial charge on any atom is -0.374 e. The maximum absolute atomic E-state index is 6.53. The summed E-state index contributed by atoms with van der Waals surface area (Å²) < 4.78 is 17.8. The van der Waals surface area contributed by atoms with Gasteiger partial charge >= 0.3 is 8.80 Å². The lowest BCUT2D eigenvalue weighted by Gasteiger charge is -2.31. The zero-order valence-corrected chi connectivity index (χ0v) is 16.6. The Hall–Kier alpha value is -0.763. The van der Waals surface area contributed by atoms with Crippen molar-refractivity contribution >= 4 is 8.80 Å². The highest BCUT2D eigenvalue weighted by molar-refractivity contribution is 6.60. The van der Waals surface area contributed by atoms with Gasteiger partial charge in [-0.1, -0.05) is 31.2 Å². The maximum atomic E-state index is 6.53. The Morgan fingerprint density at radius 2 is 1.50 bits per heavy atom. The van der Waals surface area contributed by atoms with Crippen LogP contribution in [0.15, 0.2) is 24.3 Å². The number of hydrogen-bond donors (Lipinski definition) is 2. The Labute approximate surface area is 148 Å². The van der Waals surface area contributed by atoms with Gasteiger partial charge < -0.3 is 24.7 Å². The first-order valence-corrected chi connectivity index (χ1v) is 10.9. The number of nitrogens with two attached hydrogens (primary N) is 2. The molecule has 0 amide bonds. The average Bonchev–Trinajstić information content (AvgIpc) is 2.60. The summed E-state index contributed by atoms with van der Waals surface area (Å²) in [5.74, 6) is 0. The normalized spacial score (nSPS) is 14.6. The van der Waals surface area contributed by atoms with E-state index < -0.39 is 14.3 Å². The SMILES string of the molecule is CCO[Si](CCc1ccccc1C(N)(CC)CN)(OCC)OCC. The Morgan fingerprint density at radius 1 is 0.958 bits per heavy atom. The maximum Gasteiger partial charge on any atom is 0.501 e. The molecular weight excluding hydrogens is 320 g/mol. The third-order valence-corrected chi connectivity index (χ3v) is 7.39. The first-order chi connectivity index (χ1) is 11.5. The molecule has 0 heterocycles. The molecule has 0 aliphatic heterocycles. The van der Waals surface area contributed by atoms with E-state index in [0.717, 1.165) is 24.4 Å². The molecule has 0 fully saturated rings. The van der Waals surface area contributed by atoms with Crippen LogP contribution in [-0.4, -0.2) is 35.2 Å². The van der Waals surface area contributed by atoms with E-state index in [1.54, 1.807) is 0 Å². The number of hydrogen-bond acceptors (Lipinski definition) is 5. The van der Waals surface area contributed by atoms with Crippen molar-refractivity contribution < 1.29 is 13.3 Å². The monoisotopic (exact) mass is 354 g/mol. The molecule has 1 atom stereocenters. The van der Waals surface area contributed by atoms with Crippen LogP contribution < -0.4 is 11.5 Å². The molecule has 0 aliphatic rings. The van der Waals surface area contributed by atoms with Gasteiger partial charge in [0.15, 0.2) is 0 Å². The molecule has 6 heteroatoms. The van der Waals surface area contributed by atoms with E-state index in [-0.39, 0.29) is 0 Å². The van der Waals surface area contributed by atoms with E-state index in [0.29, 0.717) is 26.4 Å². The Bertz CT molecular complexity index is 464. The fourth-order valence-electron chi connectivity index (χ4n) is 2.96. The molecule has 0 bridgehead atoms. The molecule has 5 nitrogen and oxygen atoms in total. The van der Waals surface area contributed by atoms with Crippen LogP contribution in [0.25, 0.3) is 0 Å². The third kappa shape index (κ3) is 5.37. The van der Waals surface area contributed by atoms with Gasteiger partial charge in [-0.3, -0.25) is 0 Å². The zero-order chi connectivity index (χ0) is 18.1. The fraction of sp³-hybridized carbons (Fsp3) is 0.667. The smallest absolute Gasteiger partial charge is 0.374 e. The molecule has 0 aromatic heterocycles. The van der Waals surface area contributed by atoms with Gasteiger partial charge in [-0.15, -0.1) is 0 Å². The molecule has 24 heavy (non-hydrogen) atoms. The molecule has 0 spiro atoms. The largest absolute Gasteiger partial charge is 0.501 e. The van der Waals surface area contributed by atoms with Crippen molar-refractivity contribution in [2.24, 2.45) is 11.5 Å². The summed E-state index contributed by atoms with van der Waals surface area (Å²) in [6.45, 7) is 10.2. The van der Waals surface area contributed by atoms with Crippen molar-refractivity contribution in [3.05, 3.63) is 35.4 Å². The van der Waals surface area contributed by atoms with Gasteiger partial charge in [0.05, 0.1) is 5.54 Å². The summed E-state index contributed by atoms with van der Waals surface area (Å²) in [6, 6.07) is 8.99. The first-order valence-electron chi connectivity index (χ1n) is 9.00. The summed E-state index contributed by atoms with van der Waals surface area (Å²) in [5, 5.41) is 0. The fourth-order valence-corrected chi connectivity index (χ4v) is 5.54. The highest BCUT2D eigenvalue weighted by Gasteiger charge is 2.40. The standard InChI is InChI=1S/C18H34N2O3Si/c1-5-18(20,15-19)17-12-10-9-11-16(17)13-14-24(21-6-2,22-7-3)23-8-4/h9-12H,5-8,13-15,19-20H2,1-4H3. The van der Waals surface area contributed by atoms with Crippen molar-refractivity contribution in [3.8, 4) is 0 Å². The van der Waals surface area contributed by atoms with Crippen molar-refractivity contribution in [1.29, 1.82) is 0 Å². The molecule has 138 valence electrons. The Kier molecular flexibility index (Phi) is 9.11. The van der Waals surface area contributed by atoms with Gasteiger partial charge in [-0.25, -0.2) is 0 Å². The molecule has 0 radical (unpaired) electrons. The molecule has 1 unspecified atom stereocenters. The summed E-state index contributed by atoms with van der Waals surface area (Å²) in [4.78, 5) is 0. The molecule has 1 aromatic rings. The minimum atomic E-state index is -2.65. The Balaban J connectivity index is 3.03. The van der Waals surface area contributed by atoms with Crippen molar-refractivity contribution in [2.45, 2.75) is 52.1 Å². The van der Waals surface area contributed by atoms with Gasteiger partial charge in [0, 0.05) is 32.4 Å². The van der Waals surface area contributed by atoms with Crippen LogP contribution >= 0.6 is 0 Å². The molecule has 1 aromatic carbocycles. The second-order valence-electron chi connectivity index (χ2n) is 5.85. The minimum absolute atomic E-state index is 0.422. The molecule has 1 rings (SSSR count). The van der Waals surface area contributed by atoms with Crippen LogP contribution in [0.4, 0.5) is 0 Å². The summed E-state index contributed by atoms with van der Waals surface area (Å²) in [6.07, 6.45) is 1.60. The highest BCUT2D eigenvalue weighted by atomic mass is 28.4. The van der Waals surface area contributed by atoms with E-state index in [2.05, 4.69) is 19.1 Å². The predicted octanol–water partition coefficient (Wildman–Crippen LogP) is 2.80. The van der Waals surface area contributed by atoms with E-state index >= 15 is 0 Å².